The van der Waals surface area contributed by atoms with Crippen LogP contribution in [0.4, 0.5) is 0 Å². The first-order valence-corrected chi connectivity index (χ1v) is 9.97. The Hall–Kier alpha value is 0.660. The van der Waals surface area contributed by atoms with Gasteiger partial charge < -0.3 is 5.73 Å². The van der Waals surface area contributed by atoms with E-state index in [1.54, 1.807) is 0 Å². The Balaban J connectivity index is 0. The second-order valence-electron chi connectivity index (χ2n) is 4.65. The van der Waals surface area contributed by atoms with Gasteiger partial charge in [-0.2, -0.15) is 23.5 Å². The van der Waals surface area contributed by atoms with E-state index in [-0.39, 0.29) is 0 Å². The van der Waals surface area contributed by atoms with E-state index in [2.05, 4.69) is 27.0 Å². The Morgan fingerprint density at radius 1 is 0.944 bits per heavy atom. The highest BCUT2D eigenvalue weighted by atomic mass is 32.2. The molecule has 0 saturated heterocycles. The van der Waals surface area contributed by atoms with Crippen molar-refractivity contribution in [3.63, 3.8) is 0 Å². The van der Waals surface area contributed by atoms with Crippen molar-refractivity contribution in [3.8, 4) is 0 Å². The van der Waals surface area contributed by atoms with Crippen LogP contribution in [0.3, 0.4) is 0 Å². The number of nitrogens with two attached hydrogens (primary N) is 1. The summed E-state index contributed by atoms with van der Waals surface area (Å²) in [4.78, 5) is 0. The van der Waals surface area contributed by atoms with Crippen molar-refractivity contribution in [2.24, 2.45) is 5.73 Å². The molecule has 0 aliphatic heterocycles. The molecule has 0 spiro atoms. The summed E-state index contributed by atoms with van der Waals surface area (Å²) in [6, 6.07) is 0. The Kier molecular flexibility index (Phi) is 23.3. The van der Waals surface area contributed by atoms with Gasteiger partial charge in [0.15, 0.2) is 0 Å². The van der Waals surface area contributed by atoms with Crippen LogP contribution < -0.4 is 5.73 Å². The molecule has 0 aliphatic rings. The number of thioether (sulfide) groups is 2. The third-order valence-corrected chi connectivity index (χ3v) is 4.91. The predicted octanol–water partition coefficient (Wildman–Crippen LogP) is 5.19. The first-order valence-electron chi connectivity index (χ1n) is 7.53. The van der Waals surface area contributed by atoms with Crippen LogP contribution >= 0.6 is 23.5 Å². The average molecular weight is 294 g/mol. The first-order chi connectivity index (χ1) is 8.72. The molecule has 0 radical (unpaired) electrons. The summed E-state index contributed by atoms with van der Waals surface area (Å²) in [6.07, 6.45) is 11.8. The van der Waals surface area contributed by atoms with Gasteiger partial charge in [-0.05, 0) is 24.9 Å². The van der Waals surface area contributed by atoms with Gasteiger partial charge in [0.05, 0.1) is 0 Å². The summed E-state index contributed by atoms with van der Waals surface area (Å²) in [6.45, 7) is 7.61. The van der Waals surface area contributed by atoms with Crippen LogP contribution in [0.5, 0.6) is 0 Å². The van der Waals surface area contributed by atoms with Gasteiger partial charge in [-0.1, -0.05) is 52.9 Å². The Labute approximate surface area is 124 Å². The van der Waals surface area contributed by atoms with E-state index in [4.69, 9.17) is 5.73 Å². The van der Waals surface area contributed by atoms with Crippen molar-refractivity contribution in [2.75, 3.05) is 24.3 Å². The molecule has 3 heteroatoms. The van der Waals surface area contributed by atoms with E-state index in [0.29, 0.717) is 0 Å². The molecule has 0 saturated carbocycles. The SMILES string of the molecule is CCCCC(C)SC.CCCCCCSCCN. The fraction of sp³-hybridized carbons (Fsp3) is 1.00. The molecule has 112 valence electrons. The van der Waals surface area contributed by atoms with Crippen molar-refractivity contribution in [3.05, 3.63) is 0 Å². The summed E-state index contributed by atoms with van der Waals surface area (Å²) in [7, 11) is 0. The number of unbranched alkanes of at least 4 members (excludes halogenated alkanes) is 4. The van der Waals surface area contributed by atoms with Crippen LogP contribution in [0.15, 0.2) is 0 Å². The van der Waals surface area contributed by atoms with Crippen molar-refractivity contribution in [1.82, 2.24) is 0 Å². The highest BCUT2D eigenvalue weighted by Gasteiger charge is 1.95. The largest absolute Gasteiger partial charge is 0.330 e. The summed E-state index contributed by atoms with van der Waals surface area (Å²) in [5.74, 6) is 2.43. The molecule has 0 rings (SSSR count). The monoisotopic (exact) mass is 293 g/mol. The smallest absolute Gasteiger partial charge is 0.00558 e. The number of hydrogen-bond acceptors (Lipinski definition) is 3. The molecule has 0 aromatic heterocycles. The fourth-order valence-electron chi connectivity index (χ4n) is 1.43. The molecule has 2 N–H and O–H groups in total. The molecule has 0 heterocycles. The van der Waals surface area contributed by atoms with Crippen molar-refractivity contribution < 1.29 is 0 Å². The van der Waals surface area contributed by atoms with E-state index < -0.39 is 0 Å². The minimum Gasteiger partial charge on any atom is -0.330 e. The standard InChI is InChI=1S/C8H19NS.C7H16S/c1-2-3-4-5-7-10-8-6-9;1-4-5-6-7(2)8-3/h2-9H2,1H3;7H,4-6H2,1-3H3. The van der Waals surface area contributed by atoms with Crippen LogP contribution in [0.1, 0.15) is 65.7 Å². The van der Waals surface area contributed by atoms with Crippen LogP contribution in [-0.2, 0) is 0 Å². The van der Waals surface area contributed by atoms with Crippen LogP contribution in [-0.4, -0.2) is 29.6 Å². The predicted molar refractivity (Wildman–Crippen MR) is 93.0 cm³/mol. The van der Waals surface area contributed by atoms with E-state index in [1.807, 2.05) is 23.5 Å². The molecule has 0 aliphatic carbocycles. The van der Waals surface area contributed by atoms with Gasteiger partial charge in [-0.25, -0.2) is 0 Å². The van der Waals surface area contributed by atoms with Gasteiger partial charge in [-0.3, -0.25) is 0 Å². The maximum atomic E-state index is 5.35. The van der Waals surface area contributed by atoms with Gasteiger partial charge in [0.25, 0.3) is 0 Å². The van der Waals surface area contributed by atoms with Crippen LogP contribution in [0.25, 0.3) is 0 Å². The fourth-order valence-corrected chi connectivity index (χ4v) is 2.61. The van der Waals surface area contributed by atoms with Gasteiger partial charge in [0.2, 0.25) is 0 Å². The Morgan fingerprint density at radius 3 is 2.11 bits per heavy atom. The molecule has 0 amide bonds. The Morgan fingerprint density at radius 2 is 1.61 bits per heavy atom. The number of rotatable bonds is 11. The lowest BCUT2D eigenvalue weighted by molar-refractivity contribution is 0.706. The molecular formula is C15H35NS2. The zero-order valence-electron chi connectivity index (χ0n) is 13.0. The first kappa shape index (κ1) is 21.0. The molecule has 1 nitrogen and oxygen atoms in total. The van der Waals surface area contributed by atoms with Gasteiger partial charge in [-0.15, -0.1) is 0 Å². The molecular weight excluding hydrogens is 258 g/mol. The van der Waals surface area contributed by atoms with Crippen LogP contribution in [0.2, 0.25) is 0 Å². The van der Waals surface area contributed by atoms with Crippen molar-refractivity contribution >= 4 is 23.5 Å². The third kappa shape index (κ3) is 21.9. The highest BCUT2D eigenvalue weighted by molar-refractivity contribution is 7.99. The maximum Gasteiger partial charge on any atom is 0.00558 e. The minimum atomic E-state index is 0.832. The molecule has 0 fully saturated rings. The Bertz CT molecular complexity index is 124. The topological polar surface area (TPSA) is 26.0 Å². The normalized spacial score (nSPS) is 11.8. The van der Waals surface area contributed by atoms with Crippen molar-refractivity contribution in [2.45, 2.75) is 71.0 Å². The summed E-state index contributed by atoms with van der Waals surface area (Å²) in [5, 5.41) is 0.870. The zero-order chi connectivity index (χ0) is 14.1. The summed E-state index contributed by atoms with van der Waals surface area (Å²) >= 11 is 3.94. The maximum absolute atomic E-state index is 5.35. The lowest BCUT2D eigenvalue weighted by Gasteiger charge is -2.04. The molecule has 0 aromatic rings. The highest BCUT2D eigenvalue weighted by Crippen LogP contribution is 2.12. The molecule has 18 heavy (non-hydrogen) atoms. The lowest BCUT2D eigenvalue weighted by atomic mass is 10.2. The quantitative estimate of drug-likeness (QED) is 0.531. The minimum absolute atomic E-state index is 0.832. The lowest BCUT2D eigenvalue weighted by Crippen LogP contribution is -2.01. The molecule has 1 unspecified atom stereocenters. The van der Waals surface area contributed by atoms with Crippen LogP contribution in [0, 0.1) is 0 Å². The van der Waals surface area contributed by atoms with Gasteiger partial charge in [0, 0.05) is 17.5 Å². The summed E-state index contributed by atoms with van der Waals surface area (Å²) < 4.78 is 0. The molecule has 1 atom stereocenters. The van der Waals surface area contributed by atoms with E-state index in [1.165, 1.54) is 50.7 Å². The van der Waals surface area contributed by atoms with Crippen molar-refractivity contribution in [1.29, 1.82) is 0 Å². The zero-order valence-corrected chi connectivity index (χ0v) is 14.7. The summed E-state index contributed by atoms with van der Waals surface area (Å²) in [5.41, 5.74) is 5.35. The second kappa shape index (κ2) is 20.0. The van der Waals surface area contributed by atoms with E-state index in [9.17, 15) is 0 Å². The third-order valence-electron chi connectivity index (χ3n) is 2.77. The van der Waals surface area contributed by atoms with E-state index in [0.717, 1.165) is 17.5 Å². The number of hydrogen-bond donors (Lipinski definition) is 1. The van der Waals surface area contributed by atoms with Gasteiger partial charge >= 0.3 is 0 Å². The molecule has 0 aromatic carbocycles. The average Bonchev–Trinajstić information content (AvgIpc) is 2.40. The van der Waals surface area contributed by atoms with Gasteiger partial charge in [0.1, 0.15) is 0 Å². The van der Waals surface area contributed by atoms with E-state index >= 15 is 0 Å². The second-order valence-corrected chi connectivity index (χ2v) is 7.15. The molecule has 0 bridgehead atoms.